The Morgan fingerprint density at radius 1 is 1.46 bits per heavy atom. The molecule has 3 heteroatoms. The summed E-state index contributed by atoms with van der Waals surface area (Å²) in [5.41, 5.74) is 0. The van der Waals surface area contributed by atoms with Crippen molar-refractivity contribution in [3.8, 4) is 0 Å². The summed E-state index contributed by atoms with van der Waals surface area (Å²) < 4.78 is 5.37. The van der Waals surface area contributed by atoms with Gasteiger partial charge in [0.2, 0.25) is 0 Å². The molecule has 0 saturated heterocycles. The Kier molecular flexibility index (Phi) is 3.25. The first-order valence-electron chi connectivity index (χ1n) is 4.05. The average molecular weight is 195 g/mol. The van der Waals surface area contributed by atoms with E-state index < -0.39 is 0 Å². The lowest BCUT2D eigenvalue weighted by atomic mass is 10.3. The molecular formula is C10H13NOS. The third-order valence-corrected chi connectivity index (χ3v) is 1.84. The van der Waals surface area contributed by atoms with Crippen LogP contribution in [0.4, 0.5) is 0 Å². The fourth-order valence-corrected chi connectivity index (χ4v) is 1.04. The van der Waals surface area contributed by atoms with Gasteiger partial charge in [0.1, 0.15) is 11.5 Å². The van der Waals surface area contributed by atoms with Gasteiger partial charge in [0, 0.05) is 20.3 Å². The predicted octanol–water partition coefficient (Wildman–Crippen LogP) is 2.38. The van der Waals surface area contributed by atoms with Crippen LogP contribution in [0, 0.1) is 6.92 Å². The number of thiocarbonyl (C=S) groups is 1. The molecular weight excluding hydrogens is 182 g/mol. The van der Waals surface area contributed by atoms with E-state index in [1.807, 2.05) is 50.3 Å². The third-order valence-electron chi connectivity index (χ3n) is 1.51. The molecule has 13 heavy (non-hydrogen) atoms. The molecule has 1 aromatic rings. The summed E-state index contributed by atoms with van der Waals surface area (Å²) in [6.07, 6.45) is 3.76. The van der Waals surface area contributed by atoms with Crippen LogP contribution in [0.2, 0.25) is 0 Å². The van der Waals surface area contributed by atoms with Crippen molar-refractivity contribution in [2.75, 3.05) is 14.1 Å². The van der Waals surface area contributed by atoms with Crippen molar-refractivity contribution in [3.63, 3.8) is 0 Å². The van der Waals surface area contributed by atoms with Crippen LogP contribution in [0.15, 0.2) is 28.8 Å². The second kappa shape index (κ2) is 4.23. The van der Waals surface area contributed by atoms with E-state index in [0.29, 0.717) is 0 Å². The number of hydrogen-bond donors (Lipinski definition) is 0. The average Bonchev–Trinajstić information content (AvgIpc) is 2.47. The largest absolute Gasteiger partial charge is 0.461 e. The maximum Gasteiger partial charge on any atom is 0.145 e. The molecule has 0 unspecified atom stereocenters. The topological polar surface area (TPSA) is 16.4 Å². The maximum absolute atomic E-state index is 5.37. The van der Waals surface area contributed by atoms with E-state index in [4.69, 9.17) is 16.6 Å². The van der Waals surface area contributed by atoms with Crippen molar-refractivity contribution in [2.45, 2.75) is 6.92 Å². The molecule has 0 N–H and O–H groups in total. The van der Waals surface area contributed by atoms with Crippen molar-refractivity contribution >= 4 is 17.1 Å². The molecule has 0 aliphatic heterocycles. The Balaban J connectivity index is 2.69. The van der Waals surface area contributed by atoms with E-state index in [2.05, 4.69) is 0 Å². The van der Waals surface area contributed by atoms with Gasteiger partial charge in [-0.3, -0.25) is 0 Å². The summed E-state index contributed by atoms with van der Waals surface area (Å²) in [6, 6.07) is 3.79. The highest BCUT2D eigenvalue weighted by atomic mass is 32.1. The quantitative estimate of drug-likeness (QED) is 0.418. The number of furan rings is 1. The summed E-state index contributed by atoms with van der Waals surface area (Å²) in [7, 11) is 3.90. The fourth-order valence-electron chi connectivity index (χ4n) is 0.866. The molecule has 0 atom stereocenters. The molecule has 0 aliphatic rings. The van der Waals surface area contributed by atoms with Crippen LogP contribution in [-0.4, -0.2) is 23.9 Å². The van der Waals surface area contributed by atoms with E-state index >= 15 is 0 Å². The molecule has 1 rings (SSSR count). The van der Waals surface area contributed by atoms with Crippen molar-refractivity contribution in [3.05, 3.63) is 35.9 Å². The molecule has 0 saturated carbocycles. The predicted molar refractivity (Wildman–Crippen MR) is 58.0 cm³/mol. The summed E-state index contributed by atoms with van der Waals surface area (Å²) in [6.45, 7) is 1.90. The third kappa shape index (κ3) is 3.03. The maximum atomic E-state index is 5.37. The zero-order valence-electron chi connectivity index (χ0n) is 8.07. The van der Waals surface area contributed by atoms with Crippen molar-refractivity contribution < 1.29 is 4.42 Å². The van der Waals surface area contributed by atoms with Crippen LogP contribution < -0.4 is 0 Å². The minimum atomic E-state index is 0.724. The zero-order chi connectivity index (χ0) is 9.84. The van der Waals surface area contributed by atoms with Crippen LogP contribution in [0.5, 0.6) is 0 Å². The van der Waals surface area contributed by atoms with Crippen molar-refractivity contribution in [2.24, 2.45) is 0 Å². The Labute approximate surface area is 83.8 Å². The second-order valence-electron chi connectivity index (χ2n) is 3.05. The summed E-state index contributed by atoms with van der Waals surface area (Å²) in [5.74, 6) is 1.64. The molecule has 0 fully saturated rings. The van der Waals surface area contributed by atoms with Gasteiger partial charge in [-0.25, -0.2) is 0 Å². The summed E-state index contributed by atoms with van der Waals surface area (Å²) in [4.78, 5) is 2.66. The van der Waals surface area contributed by atoms with E-state index in [1.54, 1.807) is 0 Å². The van der Waals surface area contributed by atoms with E-state index in [-0.39, 0.29) is 0 Å². The van der Waals surface area contributed by atoms with Crippen LogP contribution >= 0.6 is 12.2 Å². The zero-order valence-corrected chi connectivity index (χ0v) is 8.89. The van der Waals surface area contributed by atoms with Gasteiger partial charge >= 0.3 is 0 Å². The molecule has 1 aromatic heterocycles. The normalized spacial score (nSPS) is 10.7. The van der Waals surface area contributed by atoms with E-state index in [1.165, 1.54) is 0 Å². The van der Waals surface area contributed by atoms with Gasteiger partial charge in [-0.05, 0) is 25.1 Å². The van der Waals surface area contributed by atoms with Gasteiger partial charge in [0.05, 0.1) is 4.86 Å². The van der Waals surface area contributed by atoms with Gasteiger partial charge in [-0.2, -0.15) is 0 Å². The standard InChI is InChI=1S/C10H13NOS/c1-8-4-5-9(12-8)10(13)6-7-11(2)3/h4-7H,1-3H3/b7-6+. The smallest absolute Gasteiger partial charge is 0.145 e. The highest BCUT2D eigenvalue weighted by Gasteiger charge is 2.01. The number of aryl methyl sites for hydroxylation is 1. The summed E-state index contributed by atoms with van der Waals surface area (Å²) in [5, 5.41) is 0. The van der Waals surface area contributed by atoms with Gasteiger partial charge < -0.3 is 9.32 Å². The van der Waals surface area contributed by atoms with Gasteiger partial charge in [0.15, 0.2) is 0 Å². The first kappa shape index (κ1) is 9.99. The van der Waals surface area contributed by atoms with Crippen LogP contribution in [0.3, 0.4) is 0 Å². The fraction of sp³-hybridized carbons (Fsp3) is 0.300. The molecule has 0 radical (unpaired) electrons. The van der Waals surface area contributed by atoms with Gasteiger partial charge in [0.25, 0.3) is 0 Å². The number of rotatable bonds is 3. The Morgan fingerprint density at radius 2 is 2.15 bits per heavy atom. The Hall–Kier alpha value is -1.09. The van der Waals surface area contributed by atoms with Gasteiger partial charge in [-0.15, -0.1) is 0 Å². The molecule has 70 valence electrons. The van der Waals surface area contributed by atoms with Crippen molar-refractivity contribution in [1.82, 2.24) is 4.90 Å². The van der Waals surface area contributed by atoms with Gasteiger partial charge in [-0.1, -0.05) is 12.2 Å². The minimum absolute atomic E-state index is 0.724. The van der Waals surface area contributed by atoms with E-state index in [9.17, 15) is 0 Å². The molecule has 2 nitrogen and oxygen atoms in total. The highest BCUT2D eigenvalue weighted by Crippen LogP contribution is 2.08. The van der Waals surface area contributed by atoms with E-state index in [0.717, 1.165) is 16.4 Å². The number of nitrogens with zero attached hydrogens (tertiary/aromatic N) is 1. The molecule has 1 heterocycles. The SMILES string of the molecule is Cc1ccc(C(=S)/C=C/N(C)C)o1. The Morgan fingerprint density at radius 3 is 2.62 bits per heavy atom. The minimum Gasteiger partial charge on any atom is -0.461 e. The summed E-state index contributed by atoms with van der Waals surface area (Å²) >= 11 is 5.15. The van der Waals surface area contributed by atoms with Crippen LogP contribution in [0.1, 0.15) is 11.5 Å². The number of allylic oxidation sites excluding steroid dienone is 1. The molecule has 0 amide bonds. The Bertz CT molecular complexity index is 325. The lowest BCUT2D eigenvalue weighted by Crippen LogP contribution is -2.02. The first-order chi connectivity index (χ1) is 6.09. The molecule has 0 bridgehead atoms. The lowest BCUT2D eigenvalue weighted by Gasteiger charge is -2.02. The number of hydrogen-bond acceptors (Lipinski definition) is 3. The molecule has 0 spiro atoms. The first-order valence-corrected chi connectivity index (χ1v) is 4.46. The lowest BCUT2D eigenvalue weighted by molar-refractivity contribution is 0.527. The molecule has 0 aliphatic carbocycles. The monoisotopic (exact) mass is 195 g/mol. The second-order valence-corrected chi connectivity index (χ2v) is 3.49. The van der Waals surface area contributed by atoms with Crippen LogP contribution in [-0.2, 0) is 0 Å². The molecule has 0 aromatic carbocycles. The van der Waals surface area contributed by atoms with Crippen LogP contribution in [0.25, 0.3) is 0 Å². The van der Waals surface area contributed by atoms with Crippen molar-refractivity contribution in [1.29, 1.82) is 0 Å². The highest BCUT2D eigenvalue weighted by molar-refractivity contribution is 7.81.